The number of carbonyl (C=O) groups is 3. The van der Waals surface area contributed by atoms with Crippen molar-refractivity contribution in [3.05, 3.63) is 35.4 Å². The average Bonchev–Trinajstić information content (AvgIpc) is 3.24. The minimum absolute atomic E-state index is 0.160. The van der Waals surface area contributed by atoms with E-state index < -0.39 is 0 Å². The third-order valence-corrected chi connectivity index (χ3v) is 5.31. The van der Waals surface area contributed by atoms with Crippen molar-refractivity contribution in [2.24, 2.45) is 5.92 Å². The number of carbonyl (C=O) groups excluding carboxylic acids is 3. The van der Waals surface area contributed by atoms with Crippen LogP contribution in [0.2, 0.25) is 0 Å². The second-order valence-corrected chi connectivity index (χ2v) is 7.61. The van der Waals surface area contributed by atoms with Gasteiger partial charge < -0.3 is 4.74 Å². The van der Waals surface area contributed by atoms with Crippen LogP contribution >= 0.6 is 0 Å². The highest BCUT2D eigenvalue weighted by Crippen LogP contribution is 2.23. The molecule has 0 aromatic heterocycles. The number of amides is 2. The fourth-order valence-corrected chi connectivity index (χ4v) is 3.93. The Morgan fingerprint density at radius 2 is 1.63 bits per heavy atom. The predicted molar refractivity (Wildman–Crippen MR) is 101 cm³/mol. The van der Waals surface area contributed by atoms with Crippen molar-refractivity contribution in [1.29, 1.82) is 0 Å². The summed E-state index contributed by atoms with van der Waals surface area (Å²) in [6.07, 6.45) is 3.52. The molecule has 1 fully saturated rings. The minimum atomic E-state index is -0.235. The maximum absolute atomic E-state index is 12.5. The third kappa shape index (κ3) is 4.21. The van der Waals surface area contributed by atoms with Gasteiger partial charge in [0.2, 0.25) is 0 Å². The van der Waals surface area contributed by atoms with Gasteiger partial charge in [-0.3, -0.25) is 24.2 Å². The third-order valence-electron chi connectivity index (χ3n) is 5.31. The first kappa shape index (κ1) is 19.5. The molecule has 2 amide bonds. The summed E-state index contributed by atoms with van der Waals surface area (Å²) >= 11 is 0. The monoisotopic (exact) mass is 372 g/mol. The van der Waals surface area contributed by atoms with Gasteiger partial charge in [0.1, 0.15) is 6.04 Å². The van der Waals surface area contributed by atoms with Gasteiger partial charge in [0, 0.05) is 6.54 Å². The molecule has 1 unspecified atom stereocenters. The number of unbranched alkanes of at least 4 members (excludes halogenated alkanes) is 1. The Balaban J connectivity index is 1.42. The number of ether oxygens (including phenoxy) is 1. The van der Waals surface area contributed by atoms with Crippen molar-refractivity contribution in [3.8, 4) is 0 Å². The molecule has 0 radical (unpaired) electrons. The quantitative estimate of drug-likeness (QED) is 0.399. The van der Waals surface area contributed by atoms with Crippen molar-refractivity contribution in [2.45, 2.75) is 45.6 Å². The summed E-state index contributed by atoms with van der Waals surface area (Å²) in [5, 5.41) is 0. The number of rotatable bonds is 8. The zero-order valence-corrected chi connectivity index (χ0v) is 16.1. The lowest BCUT2D eigenvalue weighted by Gasteiger charge is -2.28. The number of imide groups is 1. The summed E-state index contributed by atoms with van der Waals surface area (Å²) in [6, 6.07) is 6.71. The molecule has 0 N–H and O–H groups in total. The van der Waals surface area contributed by atoms with Crippen molar-refractivity contribution in [1.82, 2.24) is 9.80 Å². The summed E-state index contributed by atoms with van der Waals surface area (Å²) < 4.78 is 5.49. The van der Waals surface area contributed by atoms with Crippen molar-refractivity contribution in [2.75, 3.05) is 26.2 Å². The van der Waals surface area contributed by atoms with E-state index in [0.29, 0.717) is 37.1 Å². The van der Waals surface area contributed by atoms with E-state index in [1.165, 1.54) is 4.90 Å². The molecule has 146 valence electrons. The topological polar surface area (TPSA) is 66.9 Å². The van der Waals surface area contributed by atoms with E-state index in [9.17, 15) is 14.4 Å². The van der Waals surface area contributed by atoms with E-state index in [2.05, 4.69) is 4.90 Å². The lowest BCUT2D eigenvalue weighted by Crippen LogP contribution is -2.44. The lowest BCUT2D eigenvalue weighted by molar-refractivity contribution is -0.151. The van der Waals surface area contributed by atoms with E-state index in [-0.39, 0.29) is 29.7 Å². The molecular weight excluding hydrogens is 344 g/mol. The molecule has 6 heteroatoms. The van der Waals surface area contributed by atoms with Crippen LogP contribution in [0, 0.1) is 5.92 Å². The maximum Gasteiger partial charge on any atom is 0.323 e. The van der Waals surface area contributed by atoms with Crippen LogP contribution in [0.1, 0.15) is 60.2 Å². The Kier molecular flexibility index (Phi) is 6.26. The van der Waals surface area contributed by atoms with E-state index in [4.69, 9.17) is 4.74 Å². The number of likely N-dealkylation sites (tertiary alicyclic amines) is 1. The zero-order chi connectivity index (χ0) is 19.4. The molecule has 1 atom stereocenters. The van der Waals surface area contributed by atoms with E-state index in [1.807, 2.05) is 13.8 Å². The van der Waals surface area contributed by atoms with Gasteiger partial charge in [-0.1, -0.05) is 26.0 Å². The van der Waals surface area contributed by atoms with Crippen molar-refractivity contribution >= 4 is 17.8 Å². The van der Waals surface area contributed by atoms with Crippen LogP contribution in [0.25, 0.3) is 0 Å². The summed E-state index contributed by atoms with van der Waals surface area (Å²) in [5.74, 6) is -0.412. The van der Waals surface area contributed by atoms with Gasteiger partial charge in [0.05, 0.1) is 17.7 Å². The molecule has 1 aromatic rings. The van der Waals surface area contributed by atoms with E-state index in [0.717, 1.165) is 25.9 Å². The van der Waals surface area contributed by atoms with Crippen molar-refractivity contribution in [3.63, 3.8) is 0 Å². The van der Waals surface area contributed by atoms with E-state index in [1.54, 1.807) is 24.3 Å². The summed E-state index contributed by atoms with van der Waals surface area (Å²) in [7, 11) is 0. The molecule has 0 aliphatic carbocycles. The molecule has 27 heavy (non-hydrogen) atoms. The average molecular weight is 372 g/mol. The number of hydrogen-bond acceptors (Lipinski definition) is 5. The van der Waals surface area contributed by atoms with Gasteiger partial charge in [-0.15, -0.1) is 0 Å². The summed E-state index contributed by atoms with van der Waals surface area (Å²) in [6.45, 7) is 6.68. The second-order valence-electron chi connectivity index (χ2n) is 7.61. The minimum Gasteiger partial charge on any atom is -0.465 e. The largest absolute Gasteiger partial charge is 0.465 e. The molecule has 0 saturated carbocycles. The van der Waals surface area contributed by atoms with Crippen LogP contribution in [0.15, 0.2) is 24.3 Å². The fraction of sp³-hybridized carbons (Fsp3) is 0.571. The zero-order valence-electron chi connectivity index (χ0n) is 16.1. The Hall–Kier alpha value is -2.21. The highest BCUT2D eigenvalue weighted by atomic mass is 16.5. The molecule has 3 rings (SSSR count). The van der Waals surface area contributed by atoms with Gasteiger partial charge in [-0.25, -0.2) is 0 Å². The molecular formula is C21H28N2O4. The first-order valence-electron chi connectivity index (χ1n) is 9.86. The molecule has 1 aromatic carbocycles. The van der Waals surface area contributed by atoms with Gasteiger partial charge in [-0.2, -0.15) is 0 Å². The predicted octanol–water partition coefficient (Wildman–Crippen LogP) is 2.73. The highest BCUT2D eigenvalue weighted by molar-refractivity contribution is 6.21. The number of esters is 1. The Morgan fingerprint density at radius 3 is 2.19 bits per heavy atom. The second kappa shape index (κ2) is 8.65. The molecule has 2 aliphatic rings. The first-order chi connectivity index (χ1) is 13.0. The van der Waals surface area contributed by atoms with Crippen LogP contribution in [0.4, 0.5) is 0 Å². The van der Waals surface area contributed by atoms with Gasteiger partial charge in [0.25, 0.3) is 11.8 Å². The standard InChI is InChI=1S/C21H28N2O4/c1-15(2)18(22-11-5-6-12-22)21(26)27-14-8-7-13-23-19(24)16-9-3-4-10-17(16)20(23)25/h3-4,9-10,15,18H,5-8,11-14H2,1-2H3. The molecule has 2 aliphatic heterocycles. The van der Waals surface area contributed by atoms with Gasteiger partial charge in [-0.05, 0) is 56.8 Å². The molecule has 0 spiro atoms. The fourth-order valence-electron chi connectivity index (χ4n) is 3.93. The SMILES string of the molecule is CC(C)C(C(=O)OCCCCN1C(=O)c2ccccc2C1=O)N1CCCC1. The van der Waals surface area contributed by atoms with Crippen LogP contribution in [-0.4, -0.2) is 59.9 Å². The number of fused-ring (bicyclic) bond motifs is 1. The summed E-state index contributed by atoms with van der Waals surface area (Å²) in [4.78, 5) is 40.6. The number of benzene rings is 1. The van der Waals surface area contributed by atoms with Crippen molar-refractivity contribution < 1.29 is 19.1 Å². The Morgan fingerprint density at radius 1 is 1.04 bits per heavy atom. The first-order valence-corrected chi connectivity index (χ1v) is 9.86. The van der Waals surface area contributed by atoms with E-state index >= 15 is 0 Å². The highest BCUT2D eigenvalue weighted by Gasteiger charge is 2.35. The maximum atomic E-state index is 12.5. The molecule has 6 nitrogen and oxygen atoms in total. The van der Waals surface area contributed by atoms with Crippen LogP contribution in [-0.2, 0) is 9.53 Å². The Labute approximate surface area is 160 Å². The Bertz CT molecular complexity index is 675. The molecule has 2 heterocycles. The lowest BCUT2D eigenvalue weighted by atomic mass is 10.0. The van der Waals surface area contributed by atoms with Gasteiger partial charge >= 0.3 is 5.97 Å². The van der Waals surface area contributed by atoms with Crippen LogP contribution < -0.4 is 0 Å². The molecule has 1 saturated heterocycles. The molecule has 0 bridgehead atoms. The smallest absolute Gasteiger partial charge is 0.323 e. The van der Waals surface area contributed by atoms with Gasteiger partial charge in [0.15, 0.2) is 0 Å². The normalized spacial score (nSPS) is 18.3. The number of hydrogen-bond donors (Lipinski definition) is 0. The number of nitrogens with zero attached hydrogens (tertiary/aromatic N) is 2. The van der Waals surface area contributed by atoms with Crippen LogP contribution in [0.5, 0.6) is 0 Å². The summed E-state index contributed by atoms with van der Waals surface area (Å²) in [5.41, 5.74) is 0.943. The van der Waals surface area contributed by atoms with Crippen LogP contribution in [0.3, 0.4) is 0 Å².